The SMILES string of the molecule is NCc1ncc(-c2cncc(F)c2)[nH]1. The molecule has 5 heteroatoms. The predicted molar refractivity (Wildman–Crippen MR) is 49.7 cm³/mol. The Labute approximate surface area is 80.0 Å². The number of pyridine rings is 1. The van der Waals surface area contributed by atoms with Gasteiger partial charge in [-0.05, 0) is 6.07 Å². The van der Waals surface area contributed by atoms with Gasteiger partial charge in [0.25, 0.3) is 0 Å². The summed E-state index contributed by atoms with van der Waals surface area (Å²) in [7, 11) is 0. The number of aromatic amines is 1. The molecular formula is C9H9FN4. The van der Waals surface area contributed by atoms with Crippen LogP contribution in [0.4, 0.5) is 4.39 Å². The molecule has 2 heterocycles. The number of nitrogens with zero attached hydrogens (tertiary/aromatic N) is 2. The van der Waals surface area contributed by atoms with E-state index in [1.165, 1.54) is 6.07 Å². The minimum absolute atomic E-state index is 0.336. The van der Waals surface area contributed by atoms with Crippen molar-refractivity contribution in [1.29, 1.82) is 0 Å². The Bertz CT molecular complexity index is 438. The second kappa shape index (κ2) is 3.55. The molecule has 0 saturated heterocycles. The van der Waals surface area contributed by atoms with Crippen LogP contribution in [0.3, 0.4) is 0 Å². The Morgan fingerprint density at radius 3 is 2.86 bits per heavy atom. The average Bonchev–Trinajstić information content (AvgIpc) is 2.66. The van der Waals surface area contributed by atoms with Crippen molar-refractivity contribution >= 4 is 0 Å². The lowest BCUT2D eigenvalue weighted by Gasteiger charge is -1.95. The summed E-state index contributed by atoms with van der Waals surface area (Å²) in [6.07, 6.45) is 4.33. The first-order valence-corrected chi connectivity index (χ1v) is 4.14. The zero-order valence-electron chi connectivity index (χ0n) is 7.37. The van der Waals surface area contributed by atoms with E-state index in [2.05, 4.69) is 15.0 Å². The third kappa shape index (κ3) is 1.62. The third-order valence-electron chi connectivity index (χ3n) is 1.84. The lowest BCUT2D eigenvalue weighted by Crippen LogP contribution is -1.97. The Kier molecular flexibility index (Phi) is 2.24. The van der Waals surface area contributed by atoms with Crippen LogP contribution in [0.1, 0.15) is 5.82 Å². The molecule has 2 aromatic rings. The Balaban J connectivity index is 2.39. The number of nitrogens with one attached hydrogen (secondary N) is 1. The average molecular weight is 192 g/mol. The maximum atomic E-state index is 12.8. The fourth-order valence-electron chi connectivity index (χ4n) is 1.17. The zero-order chi connectivity index (χ0) is 9.97. The van der Waals surface area contributed by atoms with E-state index in [1.807, 2.05) is 0 Å². The van der Waals surface area contributed by atoms with E-state index >= 15 is 0 Å². The minimum Gasteiger partial charge on any atom is -0.341 e. The van der Waals surface area contributed by atoms with Gasteiger partial charge in [-0.25, -0.2) is 9.37 Å². The molecule has 4 nitrogen and oxygen atoms in total. The summed E-state index contributed by atoms with van der Waals surface area (Å²) >= 11 is 0. The van der Waals surface area contributed by atoms with Crippen LogP contribution >= 0.6 is 0 Å². The number of rotatable bonds is 2. The molecule has 0 radical (unpaired) electrons. The zero-order valence-corrected chi connectivity index (χ0v) is 7.37. The van der Waals surface area contributed by atoms with Gasteiger partial charge in [0.15, 0.2) is 0 Å². The van der Waals surface area contributed by atoms with Crippen molar-refractivity contribution in [3.63, 3.8) is 0 Å². The molecule has 72 valence electrons. The molecule has 0 aliphatic carbocycles. The van der Waals surface area contributed by atoms with Crippen molar-refractivity contribution in [2.45, 2.75) is 6.54 Å². The minimum atomic E-state index is -0.369. The molecule has 0 aliphatic heterocycles. The number of imidazole rings is 1. The summed E-state index contributed by atoms with van der Waals surface area (Å²) in [4.78, 5) is 10.7. The van der Waals surface area contributed by atoms with Crippen molar-refractivity contribution in [2.24, 2.45) is 5.73 Å². The number of hydrogen-bond acceptors (Lipinski definition) is 3. The second-order valence-corrected chi connectivity index (χ2v) is 2.84. The van der Waals surface area contributed by atoms with Gasteiger partial charge in [0, 0.05) is 11.8 Å². The molecular weight excluding hydrogens is 183 g/mol. The summed E-state index contributed by atoms with van der Waals surface area (Å²) in [6.45, 7) is 0.336. The van der Waals surface area contributed by atoms with Gasteiger partial charge in [0.1, 0.15) is 11.6 Å². The van der Waals surface area contributed by atoms with Crippen LogP contribution in [0.25, 0.3) is 11.3 Å². The maximum absolute atomic E-state index is 12.8. The lowest BCUT2D eigenvalue weighted by atomic mass is 10.2. The van der Waals surface area contributed by atoms with Crippen molar-refractivity contribution < 1.29 is 4.39 Å². The highest BCUT2D eigenvalue weighted by Crippen LogP contribution is 2.16. The van der Waals surface area contributed by atoms with Crippen molar-refractivity contribution in [3.05, 3.63) is 36.3 Å². The van der Waals surface area contributed by atoms with E-state index in [-0.39, 0.29) is 5.82 Å². The topological polar surface area (TPSA) is 67.6 Å². The van der Waals surface area contributed by atoms with Gasteiger partial charge >= 0.3 is 0 Å². The van der Waals surface area contributed by atoms with Crippen LogP contribution in [-0.4, -0.2) is 15.0 Å². The van der Waals surface area contributed by atoms with E-state index in [0.717, 1.165) is 11.9 Å². The predicted octanol–water partition coefficient (Wildman–Crippen LogP) is 1.07. The molecule has 3 N–H and O–H groups in total. The van der Waals surface area contributed by atoms with Crippen molar-refractivity contribution in [1.82, 2.24) is 15.0 Å². The smallest absolute Gasteiger partial charge is 0.142 e. The van der Waals surface area contributed by atoms with Crippen LogP contribution in [0, 0.1) is 5.82 Å². The fraction of sp³-hybridized carbons (Fsp3) is 0.111. The summed E-state index contributed by atoms with van der Waals surface area (Å²) in [5, 5.41) is 0. The van der Waals surface area contributed by atoms with Crippen LogP contribution in [0.5, 0.6) is 0 Å². The highest BCUT2D eigenvalue weighted by molar-refractivity contribution is 5.56. The molecule has 0 atom stereocenters. The Hall–Kier alpha value is -1.75. The van der Waals surface area contributed by atoms with Gasteiger partial charge in [0.2, 0.25) is 0 Å². The third-order valence-corrected chi connectivity index (χ3v) is 1.84. The summed E-state index contributed by atoms with van der Waals surface area (Å²) in [5.41, 5.74) is 6.77. The first-order chi connectivity index (χ1) is 6.79. The molecule has 0 spiro atoms. The molecule has 0 bridgehead atoms. The van der Waals surface area contributed by atoms with Crippen molar-refractivity contribution in [2.75, 3.05) is 0 Å². The molecule has 0 amide bonds. The lowest BCUT2D eigenvalue weighted by molar-refractivity contribution is 0.622. The molecule has 0 aliphatic rings. The first-order valence-electron chi connectivity index (χ1n) is 4.14. The van der Waals surface area contributed by atoms with Gasteiger partial charge < -0.3 is 10.7 Å². The normalized spacial score (nSPS) is 10.4. The standard InChI is InChI=1S/C9H9FN4/c10-7-1-6(3-12-4-7)8-5-13-9(2-11)14-8/h1,3-5H,2,11H2,(H,13,14). The van der Waals surface area contributed by atoms with Crippen LogP contribution in [0.15, 0.2) is 24.7 Å². The molecule has 2 rings (SSSR count). The van der Waals surface area contributed by atoms with E-state index in [4.69, 9.17) is 5.73 Å². The van der Waals surface area contributed by atoms with Crippen LogP contribution in [0.2, 0.25) is 0 Å². The molecule has 0 fully saturated rings. The largest absolute Gasteiger partial charge is 0.341 e. The Morgan fingerprint density at radius 2 is 2.21 bits per heavy atom. The first kappa shape index (κ1) is 8.83. The summed E-state index contributed by atoms with van der Waals surface area (Å²) in [6, 6.07) is 1.39. The van der Waals surface area contributed by atoms with E-state index in [9.17, 15) is 4.39 Å². The molecule has 2 aromatic heterocycles. The second-order valence-electron chi connectivity index (χ2n) is 2.84. The number of nitrogens with two attached hydrogens (primary N) is 1. The number of aromatic nitrogens is 3. The maximum Gasteiger partial charge on any atom is 0.142 e. The van der Waals surface area contributed by atoms with Gasteiger partial charge in [-0.3, -0.25) is 4.98 Å². The van der Waals surface area contributed by atoms with Gasteiger partial charge in [0.05, 0.1) is 24.6 Å². The highest BCUT2D eigenvalue weighted by Gasteiger charge is 2.03. The fourth-order valence-corrected chi connectivity index (χ4v) is 1.17. The van der Waals surface area contributed by atoms with Gasteiger partial charge in [-0.2, -0.15) is 0 Å². The Morgan fingerprint density at radius 1 is 1.36 bits per heavy atom. The van der Waals surface area contributed by atoms with Gasteiger partial charge in [-0.15, -0.1) is 0 Å². The van der Waals surface area contributed by atoms with E-state index < -0.39 is 0 Å². The van der Waals surface area contributed by atoms with Crippen LogP contribution < -0.4 is 5.73 Å². The molecule has 14 heavy (non-hydrogen) atoms. The highest BCUT2D eigenvalue weighted by atomic mass is 19.1. The summed E-state index contributed by atoms with van der Waals surface area (Å²) < 4.78 is 12.8. The van der Waals surface area contributed by atoms with E-state index in [1.54, 1.807) is 12.4 Å². The monoisotopic (exact) mass is 192 g/mol. The summed E-state index contributed by atoms with van der Waals surface area (Å²) in [5.74, 6) is 0.302. The quantitative estimate of drug-likeness (QED) is 0.747. The molecule has 0 aromatic carbocycles. The number of hydrogen-bond donors (Lipinski definition) is 2. The number of H-pyrrole nitrogens is 1. The van der Waals surface area contributed by atoms with Crippen LogP contribution in [-0.2, 0) is 6.54 Å². The molecule has 0 unspecified atom stereocenters. The van der Waals surface area contributed by atoms with E-state index in [0.29, 0.717) is 17.9 Å². The number of halogens is 1. The van der Waals surface area contributed by atoms with Gasteiger partial charge in [-0.1, -0.05) is 0 Å². The molecule has 0 saturated carbocycles. The van der Waals surface area contributed by atoms with Crippen molar-refractivity contribution in [3.8, 4) is 11.3 Å².